The van der Waals surface area contributed by atoms with Gasteiger partial charge in [-0.2, -0.15) is 4.73 Å². The van der Waals surface area contributed by atoms with Gasteiger partial charge < -0.3 is 11.0 Å². The van der Waals surface area contributed by atoms with Gasteiger partial charge in [-0.25, -0.2) is 24.2 Å². The number of rotatable bonds is 3. The van der Waals surface area contributed by atoms with Crippen LogP contribution >= 0.6 is 0 Å². The number of aryl methyl sites for hydroxylation is 2. The molecule has 0 unspecified atom stereocenters. The van der Waals surface area contributed by atoms with E-state index in [-0.39, 0.29) is 34.0 Å². The molecule has 0 aliphatic heterocycles. The molecule has 4 aromatic rings. The van der Waals surface area contributed by atoms with E-state index in [2.05, 4.69) is 15.0 Å². The van der Waals surface area contributed by atoms with Gasteiger partial charge in [-0.15, -0.1) is 0 Å². The highest BCUT2D eigenvalue weighted by molar-refractivity contribution is 5.83. The molecule has 0 aromatic carbocycles. The molecule has 4 rings (SSSR count). The van der Waals surface area contributed by atoms with E-state index < -0.39 is 22.5 Å². The fraction of sp³-hybridized carbons (Fsp3) is 0.235. The van der Waals surface area contributed by atoms with Crippen LogP contribution in [-0.4, -0.2) is 49.1 Å². The first kappa shape index (κ1) is 20.6. The molecule has 32 heavy (non-hydrogen) atoms. The fourth-order valence-corrected chi connectivity index (χ4v) is 3.25. The summed E-state index contributed by atoms with van der Waals surface area (Å²) in [6, 6.07) is 0. The van der Waals surface area contributed by atoms with Gasteiger partial charge in [-0.05, 0) is 0 Å². The highest BCUT2D eigenvalue weighted by atomic mass is 16.5. The Hall–Kier alpha value is -4.69. The molecule has 0 radical (unpaired) electrons. The summed E-state index contributed by atoms with van der Waals surface area (Å²) in [5, 5.41) is 10.3. The lowest BCUT2D eigenvalue weighted by Crippen LogP contribution is -2.38. The fourth-order valence-electron chi connectivity index (χ4n) is 3.25. The van der Waals surface area contributed by atoms with E-state index in [4.69, 9.17) is 5.84 Å². The molecule has 0 aliphatic carbocycles. The second kappa shape index (κ2) is 6.93. The first-order valence-corrected chi connectivity index (χ1v) is 9.07. The van der Waals surface area contributed by atoms with Crippen LogP contribution in [0, 0.1) is 0 Å². The molecule has 4 aromatic heterocycles. The van der Waals surface area contributed by atoms with Crippen molar-refractivity contribution in [1.29, 1.82) is 0 Å². The van der Waals surface area contributed by atoms with Crippen molar-refractivity contribution in [2.75, 3.05) is 5.84 Å². The third kappa shape index (κ3) is 2.71. The van der Waals surface area contributed by atoms with Crippen molar-refractivity contribution < 1.29 is 5.21 Å². The van der Waals surface area contributed by atoms with Crippen molar-refractivity contribution in [3.05, 3.63) is 59.5 Å². The van der Waals surface area contributed by atoms with Crippen molar-refractivity contribution in [3.8, 4) is 0 Å². The molecule has 0 amide bonds. The number of nitrogens with zero attached hydrogens (tertiary/aromatic N) is 9. The van der Waals surface area contributed by atoms with E-state index in [1.54, 1.807) is 0 Å². The molecule has 0 aliphatic rings. The third-order valence-electron chi connectivity index (χ3n) is 5.08. The third-order valence-corrected chi connectivity index (χ3v) is 5.08. The monoisotopic (exact) mass is 442 g/mol. The maximum atomic E-state index is 12.3. The van der Waals surface area contributed by atoms with Crippen LogP contribution in [0.1, 0.15) is 11.6 Å². The normalized spacial score (nSPS) is 12.2. The molecule has 0 saturated carbocycles. The van der Waals surface area contributed by atoms with Crippen LogP contribution in [0.25, 0.3) is 28.4 Å². The molecular weight excluding hydrogens is 424 g/mol. The maximum Gasteiger partial charge on any atom is 0.332 e. The van der Waals surface area contributed by atoms with Crippen LogP contribution in [-0.2, 0) is 28.2 Å². The Labute approximate surface area is 176 Å². The molecule has 0 spiro atoms. The average Bonchev–Trinajstić information content (AvgIpc) is 3.28. The molecule has 0 atom stereocenters. The predicted octanol–water partition coefficient (Wildman–Crippen LogP) is -2.78. The number of fused-ring (bicyclic) bond motifs is 2. The molecule has 0 saturated heterocycles. The second-order valence-corrected chi connectivity index (χ2v) is 6.97. The minimum absolute atomic E-state index is 0.00783. The standard InChI is InChI=1S/C17H18N10O5/c1-22-12-10(14(28)24(3)16(22)30)26(18)8(20-12)5-6-19-7-9-21-13-11(27(9)32)15(29)25(4)17(31)23(13)2/h5-7,32H,18H2,1-4H3/b6-5-,19-7?. The van der Waals surface area contributed by atoms with Crippen LogP contribution in [0.2, 0.25) is 0 Å². The summed E-state index contributed by atoms with van der Waals surface area (Å²) in [5.41, 5.74) is -2.49. The maximum absolute atomic E-state index is 12.3. The van der Waals surface area contributed by atoms with Crippen molar-refractivity contribution in [3.63, 3.8) is 0 Å². The van der Waals surface area contributed by atoms with Crippen LogP contribution in [0.15, 0.2) is 30.4 Å². The predicted molar refractivity (Wildman–Crippen MR) is 114 cm³/mol. The number of nitrogens with two attached hydrogens (primary N) is 1. The van der Waals surface area contributed by atoms with Gasteiger partial charge in [0.05, 0.1) is 6.21 Å². The van der Waals surface area contributed by atoms with E-state index in [0.29, 0.717) is 4.73 Å². The minimum Gasteiger partial charge on any atom is -0.426 e. The van der Waals surface area contributed by atoms with Gasteiger partial charge in [0, 0.05) is 40.5 Å². The molecule has 15 heteroatoms. The summed E-state index contributed by atoms with van der Waals surface area (Å²) in [6.07, 6.45) is 3.79. The van der Waals surface area contributed by atoms with Gasteiger partial charge in [-0.1, -0.05) is 0 Å². The quantitative estimate of drug-likeness (QED) is 0.194. The Morgan fingerprint density at radius 3 is 1.91 bits per heavy atom. The van der Waals surface area contributed by atoms with Gasteiger partial charge in [0.2, 0.25) is 0 Å². The highest BCUT2D eigenvalue weighted by Gasteiger charge is 2.18. The second-order valence-electron chi connectivity index (χ2n) is 6.97. The first-order valence-electron chi connectivity index (χ1n) is 9.07. The lowest BCUT2D eigenvalue weighted by Gasteiger charge is -2.02. The Balaban J connectivity index is 1.75. The lowest BCUT2D eigenvalue weighted by molar-refractivity contribution is 0.195. The molecule has 0 fully saturated rings. The number of hydrogen-bond acceptors (Lipinski definition) is 9. The summed E-state index contributed by atoms with van der Waals surface area (Å²) in [6.45, 7) is 0. The average molecular weight is 442 g/mol. The summed E-state index contributed by atoms with van der Waals surface area (Å²) in [4.78, 5) is 60.9. The SMILES string of the molecule is Cn1c(=O)c2c(nc(/C=C\N=Cc3nc4c(c(=O)n(C)c(=O)n4C)n3O)n2N)n(C)c1=O. The van der Waals surface area contributed by atoms with Crippen LogP contribution in [0.5, 0.6) is 0 Å². The summed E-state index contributed by atoms with van der Waals surface area (Å²) >= 11 is 0. The summed E-state index contributed by atoms with van der Waals surface area (Å²) in [5.74, 6) is 6.00. The Morgan fingerprint density at radius 1 is 0.812 bits per heavy atom. The van der Waals surface area contributed by atoms with Gasteiger partial charge in [0.1, 0.15) is 0 Å². The Bertz CT molecular complexity index is 1590. The van der Waals surface area contributed by atoms with Crippen LogP contribution < -0.4 is 28.3 Å². The molecule has 3 N–H and O–H groups in total. The molecule has 15 nitrogen and oxygen atoms in total. The molecule has 166 valence electrons. The summed E-state index contributed by atoms with van der Waals surface area (Å²) in [7, 11) is 5.50. The molecule has 0 bridgehead atoms. The Kier molecular flexibility index (Phi) is 4.46. The largest absolute Gasteiger partial charge is 0.426 e. The van der Waals surface area contributed by atoms with Crippen molar-refractivity contribution >= 4 is 34.6 Å². The number of aromatic nitrogens is 8. The zero-order valence-electron chi connectivity index (χ0n) is 17.4. The zero-order chi connectivity index (χ0) is 23.5. The van der Waals surface area contributed by atoms with E-state index in [9.17, 15) is 24.4 Å². The van der Waals surface area contributed by atoms with E-state index in [1.165, 1.54) is 45.0 Å². The zero-order valence-corrected chi connectivity index (χ0v) is 17.4. The molecular formula is C17H18N10O5. The number of hydrogen-bond donors (Lipinski definition) is 2. The van der Waals surface area contributed by atoms with Gasteiger partial charge in [0.15, 0.2) is 34.0 Å². The van der Waals surface area contributed by atoms with E-state index in [1.807, 2.05) is 0 Å². The van der Waals surface area contributed by atoms with Gasteiger partial charge in [0.25, 0.3) is 11.1 Å². The van der Waals surface area contributed by atoms with Crippen molar-refractivity contribution in [2.24, 2.45) is 33.2 Å². The minimum atomic E-state index is -0.711. The number of nitrogen functional groups attached to an aromatic ring is 1. The number of aliphatic imine (C=N–C) groups is 1. The first-order chi connectivity index (χ1) is 15.1. The van der Waals surface area contributed by atoms with Crippen molar-refractivity contribution in [2.45, 2.75) is 0 Å². The van der Waals surface area contributed by atoms with E-state index in [0.717, 1.165) is 24.6 Å². The van der Waals surface area contributed by atoms with Crippen LogP contribution in [0.3, 0.4) is 0 Å². The van der Waals surface area contributed by atoms with Gasteiger partial charge in [-0.3, -0.25) is 32.8 Å². The topological polar surface area (TPSA) is 182 Å². The summed E-state index contributed by atoms with van der Waals surface area (Å²) < 4.78 is 5.65. The van der Waals surface area contributed by atoms with Gasteiger partial charge >= 0.3 is 11.4 Å². The number of imidazole rings is 2. The van der Waals surface area contributed by atoms with E-state index >= 15 is 0 Å². The Morgan fingerprint density at radius 2 is 1.31 bits per heavy atom. The molecule has 4 heterocycles. The van der Waals surface area contributed by atoms with Crippen LogP contribution in [0.4, 0.5) is 0 Å². The highest BCUT2D eigenvalue weighted by Crippen LogP contribution is 2.09. The lowest BCUT2D eigenvalue weighted by atomic mass is 10.5. The van der Waals surface area contributed by atoms with Crippen molar-refractivity contribution in [1.82, 2.24) is 37.6 Å². The smallest absolute Gasteiger partial charge is 0.332 e.